The number of ether oxygens (including phenoxy) is 1. The minimum atomic E-state index is -1.00. The van der Waals surface area contributed by atoms with Crippen LogP contribution in [0.25, 0.3) is 6.08 Å². The van der Waals surface area contributed by atoms with Crippen LogP contribution in [0.3, 0.4) is 0 Å². The average molecular weight is 494 g/mol. The monoisotopic (exact) mass is 494 g/mol. The number of anilines is 1. The number of nitrogens with one attached hydrogen (secondary N) is 1. The number of nitrogens with zero attached hydrogens (tertiary/aromatic N) is 3. The first-order valence-electron chi connectivity index (χ1n) is 9.14. The van der Waals surface area contributed by atoms with Gasteiger partial charge in [-0.2, -0.15) is 0 Å². The van der Waals surface area contributed by atoms with Crippen LogP contribution in [0, 0.1) is 0 Å². The van der Waals surface area contributed by atoms with Gasteiger partial charge in [-0.1, -0.05) is 34.7 Å². The average Bonchev–Trinajstić information content (AvgIpc) is 3.02. The van der Waals surface area contributed by atoms with Gasteiger partial charge in [0.25, 0.3) is 0 Å². The largest absolute Gasteiger partial charge is 0.494 e. The van der Waals surface area contributed by atoms with Crippen molar-refractivity contribution < 1.29 is 14.6 Å². The van der Waals surface area contributed by atoms with Crippen molar-refractivity contribution in [2.45, 2.75) is 30.0 Å². The van der Waals surface area contributed by atoms with E-state index >= 15 is 0 Å². The number of carboxylic acids is 1. The van der Waals surface area contributed by atoms with Gasteiger partial charge >= 0.3 is 5.97 Å². The predicted molar refractivity (Wildman–Crippen MR) is 117 cm³/mol. The minimum Gasteiger partial charge on any atom is -0.494 e. The number of likely N-dealkylation sites (tertiary alicyclic amines) is 1. The number of aromatic nitrogens is 2. The van der Waals surface area contributed by atoms with Gasteiger partial charge in [-0.05, 0) is 37.1 Å². The van der Waals surface area contributed by atoms with Crippen LogP contribution in [0.15, 0.2) is 42.7 Å². The molecule has 1 aromatic heterocycles. The first kappa shape index (κ1) is 20.5. The first-order chi connectivity index (χ1) is 13.5. The van der Waals surface area contributed by atoms with E-state index in [0.29, 0.717) is 22.2 Å². The summed E-state index contributed by atoms with van der Waals surface area (Å²) in [6, 6.07) is 8.54. The van der Waals surface area contributed by atoms with Crippen molar-refractivity contribution in [1.29, 1.82) is 0 Å². The number of halogens is 1. The highest BCUT2D eigenvalue weighted by molar-refractivity contribution is 14.1. The van der Waals surface area contributed by atoms with Crippen molar-refractivity contribution in [2.24, 2.45) is 0 Å². The van der Waals surface area contributed by atoms with Crippen LogP contribution < -0.4 is 10.1 Å². The molecule has 0 bridgehead atoms. The second-order valence-electron chi connectivity index (χ2n) is 6.46. The fourth-order valence-electron chi connectivity index (χ4n) is 3.06. The number of benzene rings is 1. The molecular weight excluding hydrogens is 471 g/mol. The Morgan fingerprint density at radius 1 is 1.36 bits per heavy atom. The maximum absolute atomic E-state index is 10.6. The Morgan fingerprint density at radius 3 is 2.79 bits per heavy atom. The molecule has 1 unspecified atom stereocenters. The van der Waals surface area contributed by atoms with Gasteiger partial charge in [0.05, 0.1) is 34.8 Å². The summed E-state index contributed by atoms with van der Waals surface area (Å²) >= 11 is 2.47. The maximum Gasteiger partial charge on any atom is 0.328 e. The lowest BCUT2D eigenvalue weighted by atomic mass is 10.2. The molecule has 1 saturated heterocycles. The molecule has 0 saturated carbocycles. The van der Waals surface area contributed by atoms with E-state index in [1.165, 1.54) is 11.6 Å². The highest BCUT2D eigenvalue weighted by Crippen LogP contribution is 2.28. The number of hydrogen-bond acceptors (Lipinski definition) is 6. The van der Waals surface area contributed by atoms with Gasteiger partial charge < -0.3 is 15.2 Å². The number of carboxylic acid groups (broad SMARTS) is 1. The van der Waals surface area contributed by atoms with E-state index in [1.54, 1.807) is 12.4 Å². The van der Waals surface area contributed by atoms with Crippen molar-refractivity contribution in [3.8, 4) is 5.75 Å². The fourth-order valence-corrected chi connectivity index (χ4v) is 4.08. The minimum absolute atomic E-state index is 0.276. The molecule has 7 nitrogen and oxygen atoms in total. The molecule has 2 heterocycles. The molecule has 1 aromatic carbocycles. The van der Waals surface area contributed by atoms with E-state index in [1.807, 2.05) is 19.1 Å². The second kappa shape index (κ2) is 9.83. The molecule has 28 heavy (non-hydrogen) atoms. The summed E-state index contributed by atoms with van der Waals surface area (Å²) in [5.74, 6) is 0.593. The van der Waals surface area contributed by atoms with Crippen molar-refractivity contribution in [3.05, 3.63) is 54.0 Å². The number of aliphatic carboxylic acids is 1. The van der Waals surface area contributed by atoms with Crippen LogP contribution >= 0.6 is 22.6 Å². The topological polar surface area (TPSA) is 87.6 Å². The van der Waals surface area contributed by atoms with E-state index < -0.39 is 5.97 Å². The fraction of sp³-hybridized carbons (Fsp3) is 0.350. The zero-order valence-corrected chi connectivity index (χ0v) is 17.7. The lowest BCUT2D eigenvalue weighted by molar-refractivity contribution is -0.131. The Labute approximate surface area is 178 Å². The molecule has 2 aromatic rings. The van der Waals surface area contributed by atoms with Gasteiger partial charge in [0.2, 0.25) is 0 Å². The van der Waals surface area contributed by atoms with Crippen molar-refractivity contribution >= 4 is 40.5 Å². The number of carbonyl (C=O) groups is 1. The summed E-state index contributed by atoms with van der Waals surface area (Å²) in [5, 5.41) is 12.1. The SMILES string of the molecule is CCOc1ccc(CN2CC[C@@H](Nc3cnc(C=CC(=O)O)cn3)C2I)cc1. The van der Waals surface area contributed by atoms with Gasteiger partial charge in [-0.3, -0.25) is 9.88 Å². The van der Waals surface area contributed by atoms with Crippen molar-refractivity contribution in [3.63, 3.8) is 0 Å². The Morgan fingerprint density at radius 2 is 2.14 bits per heavy atom. The van der Waals surface area contributed by atoms with E-state index in [4.69, 9.17) is 9.84 Å². The summed E-state index contributed by atoms with van der Waals surface area (Å²) < 4.78 is 5.83. The second-order valence-corrected chi connectivity index (χ2v) is 7.73. The molecule has 0 aliphatic carbocycles. The lowest BCUT2D eigenvalue weighted by Gasteiger charge is -2.24. The summed E-state index contributed by atoms with van der Waals surface area (Å²) in [4.78, 5) is 21.6. The Bertz CT molecular complexity index is 811. The van der Waals surface area contributed by atoms with Gasteiger partial charge in [-0.15, -0.1) is 0 Å². The molecule has 3 rings (SSSR count). The van der Waals surface area contributed by atoms with Crippen LogP contribution in [0.5, 0.6) is 5.75 Å². The van der Waals surface area contributed by atoms with Crippen LogP contribution in [-0.4, -0.2) is 49.2 Å². The van der Waals surface area contributed by atoms with E-state index in [2.05, 4.69) is 54.9 Å². The third-order valence-electron chi connectivity index (χ3n) is 4.43. The summed E-state index contributed by atoms with van der Waals surface area (Å²) in [7, 11) is 0. The molecule has 2 N–H and O–H groups in total. The smallest absolute Gasteiger partial charge is 0.328 e. The third kappa shape index (κ3) is 5.65. The molecule has 0 spiro atoms. The Kier molecular flexibility index (Phi) is 7.21. The highest BCUT2D eigenvalue weighted by atomic mass is 127. The Balaban J connectivity index is 1.54. The molecule has 0 radical (unpaired) electrons. The molecule has 148 valence electrons. The molecule has 1 aliphatic heterocycles. The third-order valence-corrected chi connectivity index (χ3v) is 6.09. The molecule has 1 fully saturated rings. The van der Waals surface area contributed by atoms with Gasteiger partial charge in [0.15, 0.2) is 0 Å². The molecule has 2 atom stereocenters. The molecule has 8 heteroatoms. The van der Waals surface area contributed by atoms with Gasteiger partial charge in [-0.25, -0.2) is 9.78 Å². The maximum atomic E-state index is 10.6. The molecular formula is C20H23IN4O3. The predicted octanol–water partition coefficient (Wildman–Crippen LogP) is 3.42. The number of alkyl halides is 1. The quantitative estimate of drug-likeness (QED) is 0.252. The van der Waals surface area contributed by atoms with Crippen molar-refractivity contribution in [2.75, 3.05) is 18.5 Å². The number of hydrogen-bond donors (Lipinski definition) is 2. The first-order valence-corrected chi connectivity index (χ1v) is 10.4. The zero-order chi connectivity index (χ0) is 19.9. The normalized spacial score (nSPS) is 19.8. The van der Waals surface area contributed by atoms with Crippen molar-refractivity contribution in [1.82, 2.24) is 14.9 Å². The molecule has 0 amide bonds. The summed E-state index contributed by atoms with van der Waals surface area (Å²) in [5.41, 5.74) is 1.78. The lowest BCUT2D eigenvalue weighted by Crippen LogP contribution is -2.33. The summed E-state index contributed by atoms with van der Waals surface area (Å²) in [6.07, 6.45) is 6.70. The standard InChI is InChI=1S/C20H23IN4O3/c1-2-28-16-6-3-14(4-7-16)13-25-10-9-17(20(25)21)24-18-12-22-15(11-23-18)5-8-19(26)27/h3-8,11-12,17,20H,2,9-10,13H2,1H3,(H,23,24)(H,26,27)/t17-,20?/m1/s1. The van der Waals surface area contributed by atoms with E-state index in [9.17, 15) is 4.79 Å². The highest BCUT2D eigenvalue weighted by Gasteiger charge is 2.32. The van der Waals surface area contributed by atoms with Crippen LogP contribution in [0.1, 0.15) is 24.6 Å². The van der Waals surface area contributed by atoms with Gasteiger partial charge in [0, 0.05) is 19.2 Å². The summed E-state index contributed by atoms with van der Waals surface area (Å²) in [6.45, 7) is 4.55. The van der Waals surface area contributed by atoms with E-state index in [0.717, 1.165) is 31.3 Å². The zero-order valence-electron chi connectivity index (χ0n) is 15.6. The van der Waals surface area contributed by atoms with E-state index in [-0.39, 0.29) is 6.04 Å². The molecule has 1 aliphatic rings. The number of rotatable bonds is 8. The van der Waals surface area contributed by atoms with Crippen LogP contribution in [-0.2, 0) is 11.3 Å². The Hall–Kier alpha value is -2.20. The van der Waals surface area contributed by atoms with Crippen LogP contribution in [0.4, 0.5) is 5.82 Å². The van der Waals surface area contributed by atoms with Gasteiger partial charge in [0.1, 0.15) is 11.6 Å². The van der Waals surface area contributed by atoms with Crippen LogP contribution in [0.2, 0.25) is 0 Å².